The number of aromatic hydroxyl groups is 1. The van der Waals surface area contributed by atoms with Crippen molar-refractivity contribution < 1.29 is 14.2 Å². The second-order valence-electron chi connectivity index (χ2n) is 1.95. The van der Waals surface area contributed by atoms with E-state index in [-0.39, 0.29) is 10.6 Å². The molecule has 0 unspecified atom stereocenters. The van der Waals surface area contributed by atoms with Crippen molar-refractivity contribution in [1.82, 2.24) is 0 Å². The molecule has 1 rings (SSSR count). The molecular formula is C7H7FO2S. The van der Waals surface area contributed by atoms with Gasteiger partial charge in [0.05, 0.1) is 7.11 Å². The Morgan fingerprint density at radius 2 is 2.18 bits per heavy atom. The molecule has 0 heterocycles. The van der Waals surface area contributed by atoms with E-state index in [0.717, 1.165) is 0 Å². The van der Waals surface area contributed by atoms with Crippen molar-refractivity contribution in [2.45, 2.75) is 4.90 Å². The van der Waals surface area contributed by atoms with Crippen molar-refractivity contribution >= 4 is 12.6 Å². The molecule has 2 nitrogen and oxygen atoms in total. The molecule has 0 bridgehead atoms. The maximum Gasteiger partial charge on any atom is 0.207 e. The van der Waals surface area contributed by atoms with Crippen molar-refractivity contribution in [2.24, 2.45) is 0 Å². The number of ether oxygens (including phenoxy) is 1. The van der Waals surface area contributed by atoms with E-state index < -0.39 is 11.6 Å². The molecule has 0 aliphatic heterocycles. The third-order valence-corrected chi connectivity index (χ3v) is 1.64. The van der Waals surface area contributed by atoms with Gasteiger partial charge in [-0.1, -0.05) is 0 Å². The number of benzene rings is 1. The molecule has 0 aliphatic rings. The number of thiol groups is 1. The van der Waals surface area contributed by atoms with Crippen LogP contribution in [-0.2, 0) is 0 Å². The second kappa shape index (κ2) is 3.00. The Labute approximate surface area is 69.0 Å². The van der Waals surface area contributed by atoms with Gasteiger partial charge in [0.1, 0.15) is 0 Å². The van der Waals surface area contributed by atoms with E-state index in [1.165, 1.54) is 19.2 Å². The van der Waals surface area contributed by atoms with Gasteiger partial charge in [0.15, 0.2) is 11.5 Å². The van der Waals surface area contributed by atoms with Gasteiger partial charge in [-0.25, -0.2) is 0 Å². The van der Waals surface area contributed by atoms with Crippen LogP contribution < -0.4 is 4.74 Å². The molecule has 0 fully saturated rings. The van der Waals surface area contributed by atoms with E-state index in [9.17, 15) is 4.39 Å². The average molecular weight is 174 g/mol. The van der Waals surface area contributed by atoms with Crippen molar-refractivity contribution in [3.05, 3.63) is 17.9 Å². The largest absolute Gasteiger partial charge is 0.504 e. The number of halogens is 1. The molecule has 60 valence electrons. The minimum atomic E-state index is -0.778. The highest BCUT2D eigenvalue weighted by Crippen LogP contribution is 2.30. The molecule has 0 aliphatic carbocycles. The average Bonchev–Trinajstić information content (AvgIpc) is 2.01. The Kier molecular flexibility index (Phi) is 2.24. The molecule has 0 amide bonds. The lowest BCUT2D eigenvalue weighted by atomic mass is 10.3. The van der Waals surface area contributed by atoms with Crippen molar-refractivity contribution in [1.29, 1.82) is 0 Å². The highest BCUT2D eigenvalue weighted by molar-refractivity contribution is 7.80. The Morgan fingerprint density at radius 3 is 2.73 bits per heavy atom. The molecule has 11 heavy (non-hydrogen) atoms. The van der Waals surface area contributed by atoms with Crippen LogP contribution in [0.25, 0.3) is 0 Å². The molecule has 4 heteroatoms. The Bertz CT molecular complexity index is 275. The van der Waals surface area contributed by atoms with Crippen LogP contribution in [0.2, 0.25) is 0 Å². The first-order chi connectivity index (χ1) is 5.16. The third kappa shape index (κ3) is 1.40. The Balaban J connectivity index is 3.25. The molecule has 1 aromatic rings. The van der Waals surface area contributed by atoms with Crippen LogP contribution in [0.5, 0.6) is 11.5 Å². The standard InChI is InChI=1S/C7H7FO2S/c1-10-4-2-3-5(11)7(9)6(4)8/h2-3,9,11H,1H3. The zero-order valence-electron chi connectivity index (χ0n) is 5.84. The molecule has 0 saturated heterocycles. The number of hydrogen-bond donors (Lipinski definition) is 2. The second-order valence-corrected chi connectivity index (χ2v) is 2.43. The van der Waals surface area contributed by atoms with Crippen LogP contribution in [0, 0.1) is 5.82 Å². The van der Waals surface area contributed by atoms with Gasteiger partial charge in [-0.3, -0.25) is 0 Å². The van der Waals surface area contributed by atoms with E-state index in [1.807, 2.05) is 0 Å². The van der Waals surface area contributed by atoms with Crippen LogP contribution in [-0.4, -0.2) is 12.2 Å². The van der Waals surface area contributed by atoms with Crippen LogP contribution in [0.4, 0.5) is 4.39 Å². The highest BCUT2D eigenvalue weighted by atomic mass is 32.1. The molecule has 0 radical (unpaired) electrons. The molecule has 0 aromatic heterocycles. The lowest BCUT2D eigenvalue weighted by Crippen LogP contribution is -1.88. The summed E-state index contributed by atoms with van der Waals surface area (Å²) in [4.78, 5) is 0.198. The topological polar surface area (TPSA) is 29.5 Å². The summed E-state index contributed by atoms with van der Waals surface area (Å²) in [6.45, 7) is 0. The normalized spacial score (nSPS) is 9.73. The van der Waals surface area contributed by atoms with E-state index >= 15 is 0 Å². The lowest BCUT2D eigenvalue weighted by Gasteiger charge is -2.03. The Morgan fingerprint density at radius 1 is 1.55 bits per heavy atom. The van der Waals surface area contributed by atoms with Gasteiger partial charge in [-0.15, -0.1) is 12.6 Å². The summed E-state index contributed by atoms with van der Waals surface area (Å²) >= 11 is 3.81. The van der Waals surface area contributed by atoms with E-state index in [4.69, 9.17) is 5.11 Å². The van der Waals surface area contributed by atoms with Gasteiger partial charge in [-0.05, 0) is 12.1 Å². The van der Waals surface area contributed by atoms with Gasteiger partial charge < -0.3 is 9.84 Å². The predicted octanol–water partition coefficient (Wildman–Crippen LogP) is 1.83. The first-order valence-corrected chi connectivity index (χ1v) is 3.36. The van der Waals surface area contributed by atoms with Gasteiger partial charge in [0.2, 0.25) is 5.82 Å². The summed E-state index contributed by atoms with van der Waals surface area (Å²) in [6, 6.07) is 2.86. The van der Waals surface area contributed by atoms with Crippen molar-refractivity contribution in [3.63, 3.8) is 0 Å². The van der Waals surface area contributed by atoms with Gasteiger partial charge in [0, 0.05) is 4.90 Å². The fraction of sp³-hybridized carbons (Fsp3) is 0.143. The summed E-state index contributed by atoms with van der Waals surface area (Å²) in [6.07, 6.45) is 0. The Hall–Kier alpha value is -0.900. The number of hydrogen-bond acceptors (Lipinski definition) is 3. The van der Waals surface area contributed by atoms with Crippen molar-refractivity contribution in [3.8, 4) is 11.5 Å². The molecule has 0 spiro atoms. The van der Waals surface area contributed by atoms with Crippen LogP contribution in [0.3, 0.4) is 0 Å². The zero-order valence-corrected chi connectivity index (χ0v) is 6.73. The SMILES string of the molecule is COc1ccc(S)c(O)c1F. The first kappa shape index (κ1) is 8.20. The minimum absolute atomic E-state index is 0.0142. The quantitative estimate of drug-likeness (QED) is 0.636. The maximum absolute atomic E-state index is 12.8. The number of phenols is 1. The summed E-state index contributed by atoms with van der Waals surface area (Å²) in [5.41, 5.74) is 0. The summed E-state index contributed by atoms with van der Waals surface area (Å²) < 4.78 is 17.5. The zero-order chi connectivity index (χ0) is 8.43. The summed E-state index contributed by atoms with van der Waals surface area (Å²) in [7, 11) is 1.33. The third-order valence-electron chi connectivity index (χ3n) is 1.28. The fourth-order valence-corrected chi connectivity index (χ4v) is 0.866. The molecule has 0 atom stereocenters. The summed E-state index contributed by atoms with van der Waals surface area (Å²) in [5, 5.41) is 8.99. The highest BCUT2D eigenvalue weighted by Gasteiger charge is 2.09. The molecule has 1 aromatic carbocycles. The van der Waals surface area contributed by atoms with Crippen LogP contribution in [0.1, 0.15) is 0 Å². The predicted molar refractivity (Wildman–Crippen MR) is 41.9 cm³/mol. The minimum Gasteiger partial charge on any atom is -0.504 e. The van der Waals surface area contributed by atoms with Gasteiger partial charge in [-0.2, -0.15) is 4.39 Å². The lowest BCUT2D eigenvalue weighted by molar-refractivity contribution is 0.359. The van der Waals surface area contributed by atoms with Gasteiger partial charge in [0.25, 0.3) is 0 Å². The monoisotopic (exact) mass is 174 g/mol. The van der Waals surface area contributed by atoms with Crippen molar-refractivity contribution in [2.75, 3.05) is 7.11 Å². The molecular weight excluding hydrogens is 167 g/mol. The molecule has 0 saturated carbocycles. The van der Waals surface area contributed by atoms with Crippen LogP contribution in [0.15, 0.2) is 17.0 Å². The fourth-order valence-electron chi connectivity index (χ4n) is 0.694. The smallest absolute Gasteiger partial charge is 0.207 e. The van der Waals surface area contributed by atoms with Crippen LogP contribution >= 0.6 is 12.6 Å². The molecule has 1 N–H and O–H groups in total. The number of methoxy groups -OCH3 is 1. The van der Waals surface area contributed by atoms with Gasteiger partial charge >= 0.3 is 0 Å². The van der Waals surface area contributed by atoms with E-state index in [1.54, 1.807) is 0 Å². The number of phenolic OH excluding ortho intramolecular Hbond substituents is 1. The maximum atomic E-state index is 12.8. The van der Waals surface area contributed by atoms with E-state index in [2.05, 4.69) is 17.4 Å². The first-order valence-electron chi connectivity index (χ1n) is 2.91. The summed E-state index contributed by atoms with van der Waals surface area (Å²) in [5.74, 6) is -1.24. The number of rotatable bonds is 1. The van der Waals surface area contributed by atoms with E-state index in [0.29, 0.717) is 0 Å².